The summed E-state index contributed by atoms with van der Waals surface area (Å²) < 4.78 is 0. The Morgan fingerprint density at radius 2 is 1.81 bits per heavy atom. The second-order valence-electron chi connectivity index (χ2n) is 10.1. The fraction of sp³-hybridized carbons (Fsp3) is 0.708. The van der Waals surface area contributed by atoms with Crippen molar-refractivity contribution in [2.24, 2.45) is 29.1 Å². The van der Waals surface area contributed by atoms with E-state index in [2.05, 4.69) is 43.2 Å². The zero-order valence-electron chi connectivity index (χ0n) is 16.8. The molecule has 4 aliphatic rings. The van der Waals surface area contributed by atoms with Gasteiger partial charge in [-0.15, -0.1) is 5.06 Å². The number of rotatable bonds is 2. The van der Waals surface area contributed by atoms with Gasteiger partial charge in [0.25, 0.3) is 0 Å². The summed E-state index contributed by atoms with van der Waals surface area (Å²) in [4.78, 5) is 18.4. The topological polar surface area (TPSA) is 29.5 Å². The molecule has 0 amide bonds. The summed E-state index contributed by atoms with van der Waals surface area (Å²) in [5.74, 6) is 4.46. The van der Waals surface area contributed by atoms with E-state index in [1.165, 1.54) is 32.1 Å². The van der Waals surface area contributed by atoms with Crippen LogP contribution in [0.2, 0.25) is 0 Å². The number of para-hydroxylation sites is 1. The molecule has 3 aliphatic carbocycles. The van der Waals surface area contributed by atoms with Gasteiger partial charge in [0.15, 0.2) is 0 Å². The summed E-state index contributed by atoms with van der Waals surface area (Å²) in [5.41, 5.74) is 0.552. The van der Waals surface area contributed by atoms with Crippen LogP contribution in [0.15, 0.2) is 30.3 Å². The van der Waals surface area contributed by atoms with E-state index >= 15 is 0 Å². The molecule has 3 nitrogen and oxygen atoms in total. The van der Waals surface area contributed by atoms with Gasteiger partial charge in [0.1, 0.15) is 11.5 Å². The van der Waals surface area contributed by atoms with Gasteiger partial charge in [-0.05, 0) is 86.7 Å². The van der Waals surface area contributed by atoms with Gasteiger partial charge >= 0.3 is 0 Å². The average molecular weight is 368 g/mol. The first-order chi connectivity index (χ1) is 13.0. The largest absolute Gasteiger partial charge is 0.405 e. The zero-order valence-corrected chi connectivity index (χ0v) is 16.8. The maximum absolute atomic E-state index is 12.0. The normalized spacial score (nSPS) is 44.3. The van der Waals surface area contributed by atoms with Gasteiger partial charge < -0.3 is 4.84 Å². The maximum atomic E-state index is 12.0. The number of benzene rings is 1. The Labute approximate surface area is 163 Å². The predicted molar refractivity (Wildman–Crippen MR) is 106 cm³/mol. The van der Waals surface area contributed by atoms with Crippen molar-refractivity contribution in [1.29, 1.82) is 0 Å². The van der Waals surface area contributed by atoms with E-state index in [1.54, 1.807) is 0 Å². The molecular weight excluding hydrogens is 334 g/mol. The molecule has 1 saturated heterocycles. The molecule has 1 aliphatic heterocycles. The highest BCUT2D eigenvalue weighted by atomic mass is 16.7. The Kier molecular flexibility index (Phi) is 4.16. The molecule has 1 aromatic rings. The third kappa shape index (κ3) is 2.68. The van der Waals surface area contributed by atoms with Crippen molar-refractivity contribution < 1.29 is 9.63 Å². The first-order valence-electron chi connectivity index (χ1n) is 11.0. The van der Waals surface area contributed by atoms with Crippen molar-refractivity contribution in [1.82, 2.24) is 5.06 Å². The maximum Gasteiger partial charge on any atom is 0.147 e. The quantitative estimate of drug-likeness (QED) is 0.714. The van der Waals surface area contributed by atoms with Crippen LogP contribution in [-0.2, 0) is 4.79 Å². The van der Waals surface area contributed by atoms with E-state index in [1.807, 2.05) is 6.07 Å². The summed E-state index contributed by atoms with van der Waals surface area (Å²) in [5, 5.41) is 2.31. The van der Waals surface area contributed by atoms with Crippen molar-refractivity contribution in [3.05, 3.63) is 30.3 Å². The summed E-state index contributed by atoms with van der Waals surface area (Å²) in [7, 11) is 0. The van der Waals surface area contributed by atoms with Crippen LogP contribution in [0.3, 0.4) is 0 Å². The van der Waals surface area contributed by atoms with Crippen LogP contribution >= 0.6 is 0 Å². The van der Waals surface area contributed by atoms with Gasteiger partial charge in [-0.2, -0.15) is 0 Å². The van der Waals surface area contributed by atoms with Crippen LogP contribution in [0.4, 0.5) is 0 Å². The molecule has 0 spiro atoms. The van der Waals surface area contributed by atoms with Crippen LogP contribution in [-0.4, -0.2) is 22.9 Å². The van der Waals surface area contributed by atoms with Gasteiger partial charge in [-0.25, -0.2) is 0 Å². The molecule has 0 radical (unpaired) electrons. The van der Waals surface area contributed by atoms with Crippen molar-refractivity contribution in [2.75, 3.05) is 6.54 Å². The Balaban J connectivity index is 1.38. The summed E-state index contributed by atoms with van der Waals surface area (Å²) in [6.07, 6.45) is 9.16. The minimum atomic E-state index is 0.157. The Hall–Kier alpha value is -1.35. The molecule has 0 aromatic heterocycles. The van der Waals surface area contributed by atoms with E-state index in [0.717, 1.165) is 49.3 Å². The van der Waals surface area contributed by atoms with Crippen LogP contribution in [0, 0.1) is 29.1 Å². The fourth-order valence-corrected chi connectivity index (χ4v) is 7.45. The van der Waals surface area contributed by atoms with E-state index < -0.39 is 0 Å². The molecule has 1 unspecified atom stereocenters. The molecule has 0 bridgehead atoms. The molecule has 4 fully saturated rings. The minimum absolute atomic E-state index is 0.157. The number of hydrogen-bond donors (Lipinski definition) is 0. The summed E-state index contributed by atoms with van der Waals surface area (Å²) in [6, 6.07) is 10.3. The molecule has 6 atom stereocenters. The van der Waals surface area contributed by atoms with Crippen LogP contribution in [0.1, 0.15) is 65.2 Å². The standard InChI is InChI=1S/C24H33NO2/c1-23-13-10-18(26)16-17(23)8-9-20-21(23)11-14-24(2)22(20)12-15-25(24)27-19-6-4-3-5-7-19/h3-7,17,20-22H,8-16H2,1-2H3/t17?,20-,21-,22+,23+,24+/m1/s1. The molecule has 0 N–H and O–H groups in total. The Bertz CT molecular complexity index is 718. The number of hydroxylamine groups is 2. The summed E-state index contributed by atoms with van der Waals surface area (Å²) in [6.45, 7) is 6.01. The SMILES string of the molecule is C[C@]12CCC(=O)CC1CC[C@@H]1[C@H]2CC[C@@]2(C)[C@H]1CCN2Oc1ccccc1. The number of Topliss-reactive ketones (excluding diaryl/α,β-unsaturated/α-hetero) is 1. The van der Waals surface area contributed by atoms with Crippen molar-refractivity contribution >= 4 is 5.78 Å². The molecule has 146 valence electrons. The van der Waals surface area contributed by atoms with E-state index in [0.29, 0.717) is 17.1 Å². The highest BCUT2D eigenvalue weighted by Crippen LogP contribution is 2.63. The lowest BCUT2D eigenvalue weighted by atomic mass is 9.46. The molecule has 1 aromatic carbocycles. The lowest BCUT2D eigenvalue weighted by Gasteiger charge is -2.60. The first-order valence-corrected chi connectivity index (χ1v) is 11.0. The Morgan fingerprint density at radius 3 is 2.63 bits per heavy atom. The van der Waals surface area contributed by atoms with Crippen LogP contribution in [0.5, 0.6) is 5.75 Å². The second kappa shape index (κ2) is 6.34. The lowest BCUT2D eigenvalue weighted by molar-refractivity contribution is -0.170. The first kappa shape index (κ1) is 17.7. The molecule has 1 heterocycles. The highest BCUT2D eigenvalue weighted by Gasteiger charge is 2.60. The van der Waals surface area contributed by atoms with Crippen LogP contribution < -0.4 is 4.84 Å². The van der Waals surface area contributed by atoms with Gasteiger partial charge in [0.2, 0.25) is 0 Å². The van der Waals surface area contributed by atoms with E-state index in [-0.39, 0.29) is 5.54 Å². The third-order valence-corrected chi connectivity index (χ3v) is 9.01. The van der Waals surface area contributed by atoms with Gasteiger partial charge in [-0.1, -0.05) is 25.1 Å². The van der Waals surface area contributed by atoms with Crippen molar-refractivity contribution in [3.8, 4) is 5.75 Å². The number of carbonyl (C=O) groups is 1. The highest BCUT2D eigenvalue weighted by molar-refractivity contribution is 5.79. The monoisotopic (exact) mass is 367 g/mol. The summed E-state index contributed by atoms with van der Waals surface area (Å²) >= 11 is 0. The number of hydrogen-bond acceptors (Lipinski definition) is 3. The van der Waals surface area contributed by atoms with Gasteiger partial charge in [-0.3, -0.25) is 4.79 Å². The molecular formula is C24H33NO2. The predicted octanol–water partition coefficient (Wildman–Crippen LogP) is 5.26. The number of fused-ring (bicyclic) bond motifs is 5. The fourth-order valence-electron chi connectivity index (χ4n) is 7.45. The van der Waals surface area contributed by atoms with Crippen LogP contribution in [0.25, 0.3) is 0 Å². The second-order valence-corrected chi connectivity index (χ2v) is 10.1. The molecule has 3 heteroatoms. The molecule has 3 saturated carbocycles. The van der Waals surface area contributed by atoms with Gasteiger partial charge in [0.05, 0.1) is 5.54 Å². The number of nitrogens with zero attached hydrogens (tertiary/aromatic N) is 1. The Morgan fingerprint density at radius 1 is 1.00 bits per heavy atom. The minimum Gasteiger partial charge on any atom is -0.405 e. The number of ketones is 1. The van der Waals surface area contributed by atoms with E-state index in [9.17, 15) is 4.79 Å². The zero-order chi connectivity index (χ0) is 18.6. The van der Waals surface area contributed by atoms with E-state index in [4.69, 9.17) is 4.84 Å². The number of carbonyl (C=O) groups excluding carboxylic acids is 1. The smallest absolute Gasteiger partial charge is 0.147 e. The molecule has 27 heavy (non-hydrogen) atoms. The third-order valence-electron chi connectivity index (χ3n) is 9.01. The van der Waals surface area contributed by atoms with Crippen molar-refractivity contribution in [3.63, 3.8) is 0 Å². The molecule has 5 rings (SSSR count). The lowest BCUT2D eigenvalue weighted by Crippen LogP contribution is -2.58. The van der Waals surface area contributed by atoms with Gasteiger partial charge in [0, 0.05) is 19.4 Å². The average Bonchev–Trinajstić information content (AvgIpc) is 3.00. The van der Waals surface area contributed by atoms with Crippen molar-refractivity contribution in [2.45, 2.75) is 70.8 Å².